The molecule has 1 aromatic carbocycles. The third-order valence-electron chi connectivity index (χ3n) is 2.52. The highest BCUT2D eigenvalue weighted by Gasteiger charge is 2.20. The first-order chi connectivity index (χ1) is 7.65. The summed E-state index contributed by atoms with van der Waals surface area (Å²) in [6.07, 6.45) is 0. The van der Waals surface area contributed by atoms with Gasteiger partial charge >= 0.3 is 0 Å². The normalized spacial score (nSPS) is 20.0. The third-order valence-corrected chi connectivity index (χ3v) is 3.74. The zero-order valence-corrected chi connectivity index (χ0v) is 11.0. The fraction of sp³-hybridized carbons (Fsp3) is 0.417. The molecule has 16 heavy (non-hydrogen) atoms. The first-order valence-electron chi connectivity index (χ1n) is 5.38. The zero-order chi connectivity index (χ0) is 11.5. The Morgan fingerprint density at radius 2 is 2.31 bits per heavy atom. The van der Waals surface area contributed by atoms with Crippen LogP contribution >= 0.6 is 23.4 Å². The Balaban J connectivity index is 2.03. The number of thioether (sulfide) groups is 1. The van der Waals surface area contributed by atoms with E-state index in [1.165, 1.54) is 0 Å². The van der Waals surface area contributed by atoms with E-state index in [2.05, 4.69) is 24.2 Å². The molecular weight excluding hydrogens is 240 g/mol. The largest absolute Gasteiger partial charge is 0.335 e. The fourth-order valence-electron chi connectivity index (χ4n) is 1.49. The van der Waals surface area contributed by atoms with Crippen molar-refractivity contribution in [1.82, 2.24) is 0 Å². The van der Waals surface area contributed by atoms with Crippen LogP contribution < -0.4 is 5.32 Å². The van der Waals surface area contributed by atoms with E-state index >= 15 is 0 Å². The highest BCUT2D eigenvalue weighted by molar-refractivity contribution is 8.14. The maximum atomic E-state index is 5.92. The van der Waals surface area contributed by atoms with Crippen molar-refractivity contribution < 1.29 is 0 Å². The van der Waals surface area contributed by atoms with Crippen LogP contribution in [0.2, 0.25) is 5.02 Å². The summed E-state index contributed by atoms with van der Waals surface area (Å²) in [4.78, 5) is 4.64. The average molecular weight is 255 g/mol. The van der Waals surface area contributed by atoms with Crippen LogP contribution in [0.1, 0.15) is 13.8 Å². The van der Waals surface area contributed by atoms with Gasteiger partial charge in [-0.25, -0.2) is 0 Å². The third kappa shape index (κ3) is 2.92. The Bertz CT molecular complexity index is 404. The molecule has 0 fully saturated rings. The van der Waals surface area contributed by atoms with Crippen LogP contribution in [0.25, 0.3) is 0 Å². The monoisotopic (exact) mass is 254 g/mol. The number of anilines is 1. The summed E-state index contributed by atoms with van der Waals surface area (Å²) in [6.45, 7) is 4.41. The van der Waals surface area contributed by atoms with Gasteiger partial charge in [-0.3, -0.25) is 4.99 Å². The van der Waals surface area contributed by atoms with Crippen LogP contribution in [0.4, 0.5) is 5.69 Å². The van der Waals surface area contributed by atoms with E-state index in [1.54, 1.807) is 11.8 Å². The molecule has 0 bridgehead atoms. The van der Waals surface area contributed by atoms with Crippen LogP contribution in [-0.2, 0) is 0 Å². The summed E-state index contributed by atoms with van der Waals surface area (Å²) in [5.41, 5.74) is 1.00. The smallest absolute Gasteiger partial charge is 0.161 e. The molecule has 1 atom stereocenters. The van der Waals surface area contributed by atoms with Gasteiger partial charge in [0.15, 0.2) is 5.17 Å². The molecule has 86 valence electrons. The lowest BCUT2D eigenvalue weighted by molar-refractivity contribution is 0.543. The Hall–Kier alpha value is -0.670. The quantitative estimate of drug-likeness (QED) is 0.866. The van der Waals surface area contributed by atoms with Gasteiger partial charge in [-0.1, -0.05) is 43.3 Å². The summed E-state index contributed by atoms with van der Waals surface area (Å²) in [5.74, 6) is 1.67. The number of benzene rings is 1. The molecule has 0 aromatic heterocycles. The van der Waals surface area contributed by atoms with E-state index in [9.17, 15) is 0 Å². The standard InChI is InChI=1S/C12H15ClN2S/c1-8(2)11-7-16-12(15-11)14-10-5-3-4-9(13)6-10/h3-6,8,11H,7H2,1-2H3,(H,14,15). The number of nitrogens with one attached hydrogen (secondary N) is 1. The van der Waals surface area contributed by atoms with Crippen molar-refractivity contribution >= 4 is 34.2 Å². The van der Waals surface area contributed by atoms with E-state index in [0.717, 1.165) is 21.6 Å². The first kappa shape index (κ1) is 11.8. The van der Waals surface area contributed by atoms with Crippen LogP contribution in [-0.4, -0.2) is 17.0 Å². The molecule has 1 unspecified atom stereocenters. The molecular formula is C12H15ClN2S. The van der Waals surface area contributed by atoms with Gasteiger partial charge in [0.25, 0.3) is 0 Å². The second kappa shape index (κ2) is 5.11. The van der Waals surface area contributed by atoms with Gasteiger partial charge in [0.1, 0.15) is 0 Å². The first-order valence-corrected chi connectivity index (χ1v) is 6.74. The van der Waals surface area contributed by atoms with Crippen molar-refractivity contribution in [1.29, 1.82) is 0 Å². The molecule has 2 nitrogen and oxygen atoms in total. The number of hydrogen-bond acceptors (Lipinski definition) is 3. The fourth-order valence-corrected chi connectivity index (χ4v) is 2.87. The summed E-state index contributed by atoms with van der Waals surface area (Å²) >= 11 is 7.70. The lowest BCUT2D eigenvalue weighted by atomic mass is 10.1. The minimum absolute atomic E-state index is 0.437. The molecule has 0 amide bonds. The predicted molar refractivity (Wildman–Crippen MR) is 73.6 cm³/mol. The van der Waals surface area contributed by atoms with Gasteiger partial charge in [-0.2, -0.15) is 0 Å². The molecule has 0 aliphatic carbocycles. The molecule has 0 saturated carbocycles. The van der Waals surface area contributed by atoms with E-state index in [4.69, 9.17) is 11.6 Å². The number of halogens is 1. The molecule has 4 heteroatoms. The lowest BCUT2D eigenvalue weighted by Crippen LogP contribution is -2.12. The molecule has 1 aromatic rings. The summed E-state index contributed by atoms with van der Waals surface area (Å²) in [7, 11) is 0. The van der Waals surface area contributed by atoms with Crippen molar-refractivity contribution in [3.05, 3.63) is 29.3 Å². The molecule has 2 rings (SSSR count). The van der Waals surface area contributed by atoms with Crippen molar-refractivity contribution in [3.63, 3.8) is 0 Å². The number of amidine groups is 1. The van der Waals surface area contributed by atoms with Gasteiger partial charge in [0, 0.05) is 16.5 Å². The van der Waals surface area contributed by atoms with E-state index in [0.29, 0.717) is 12.0 Å². The number of nitrogens with zero attached hydrogens (tertiary/aromatic N) is 1. The molecule has 0 radical (unpaired) electrons. The number of rotatable bonds is 2. The Kier molecular flexibility index (Phi) is 3.77. The highest BCUT2D eigenvalue weighted by atomic mass is 35.5. The molecule has 0 spiro atoms. The molecule has 1 aliphatic heterocycles. The van der Waals surface area contributed by atoms with Crippen molar-refractivity contribution in [3.8, 4) is 0 Å². The topological polar surface area (TPSA) is 24.4 Å². The maximum Gasteiger partial charge on any atom is 0.161 e. The van der Waals surface area contributed by atoms with E-state index in [-0.39, 0.29) is 0 Å². The van der Waals surface area contributed by atoms with Gasteiger partial charge in [-0.15, -0.1) is 0 Å². The second-order valence-corrected chi connectivity index (χ2v) is 5.64. The maximum absolute atomic E-state index is 5.92. The van der Waals surface area contributed by atoms with E-state index in [1.807, 2.05) is 24.3 Å². The average Bonchev–Trinajstić information content (AvgIpc) is 2.66. The van der Waals surface area contributed by atoms with Gasteiger partial charge in [0.2, 0.25) is 0 Å². The molecule has 1 aliphatic rings. The van der Waals surface area contributed by atoms with Crippen LogP contribution in [0.15, 0.2) is 29.3 Å². The van der Waals surface area contributed by atoms with Crippen molar-refractivity contribution in [2.75, 3.05) is 11.1 Å². The summed E-state index contributed by atoms with van der Waals surface area (Å²) in [5, 5.41) is 5.04. The molecule has 1 N–H and O–H groups in total. The van der Waals surface area contributed by atoms with E-state index < -0.39 is 0 Å². The summed E-state index contributed by atoms with van der Waals surface area (Å²) < 4.78 is 0. The van der Waals surface area contributed by atoms with Crippen LogP contribution in [0, 0.1) is 5.92 Å². The Morgan fingerprint density at radius 1 is 1.50 bits per heavy atom. The minimum Gasteiger partial charge on any atom is -0.335 e. The SMILES string of the molecule is CC(C)C1CSC(Nc2cccc(Cl)c2)=N1. The minimum atomic E-state index is 0.437. The molecule has 0 saturated heterocycles. The van der Waals surface area contributed by atoms with Gasteiger partial charge < -0.3 is 5.32 Å². The second-order valence-electron chi connectivity index (χ2n) is 4.19. The predicted octanol–water partition coefficient (Wildman–Crippen LogP) is 3.88. The molecule has 1 heterocycles. The van der Waals surface area contributed by atoms with Crippen molar-refractivity contribution in [2.24, 2.45) is 10.9 Å². The highest BCUT2D eigenvalue weighted by Crippen LogP contribution is 2.25. The summed E-state index contributed by atoms with van der Waals surface area (Å²) in [6, 6.07) is 8.15. The van der Waals surface area contributed by atoms with Gasteiger partial charge in [-0.05, 0) is 24.1 Å². The Morgan fingerprint density at radius 3 is 2.94 bits per heavy atom. The van der Waals surface area contributed by atoms with Crippen LogP contribution in [0.5, 0.6) is 0 Å². The number of aliphatic imine (C=N–C) groups is 1. The lowest BCUT2D eigenvalue weighted by Gasteiger charge is -2.08. The van der Waals surface area contributed by atoms with Crippen molar-refractivity contribution in [2.45, 2.75) is 19.9 Å². The Labute approximate surface area is 105 Å². The zero-order valence-electron chi connectivity index (χ0n) is 9.40. The van der Waals surface area contributed by atoms with Crippen LogP contribution in [0.3, 0.4) is 0 Å². The van der Waals surface area contributed by atoms with Gasteiger partial charge in [0.05, 0.1) is 6.04 Å². The number of hydrogen-bond donors (Lipinski definition) is 1.